The fraction of sp³-hybridized carbons (Fsp3) is 0.571. The molecule has 1 aromatic heterocycles. The van der Waals surface area contributed by atoms with Crippen molar-refractivity contribution < 1.29 is 22.7 Å². The van der Waals surface area contributed by atoms with E-state index in [1.54, 1.807) is 6.07 Å². The van der Waals surface area contributed by atoms with Crippen LogP contribution in [0.25, 0.3) is 0 Å². The van der Waals surface area contributed by atoms with Crippen molar-refractivity contribution in [3.8, 4) is 0 Å². The molecule has 9 nitrogen and oxygen atoms in total. The number of methoxy groups -OCH3 is 1. The number of piperazine rings is 1. The van der Waals surface area contributed by atoms with Crippen molar-refractivity contribution in [2.45, 2.75) is 12.1 Å². The Morgan fingerprint density at radius 3 is 2.54 bits per heavy atom. The van der Waals surface area contributed by atoms with E-state index in [0.29, 0.717) is 0 Å². The molecule has 0 radical (unpaired) electrons. The summed E-state index contributed by atoms with van der Waals surface area (Å²) in [5, 5.41) is 7.48. The quantitative estimate of drug-likeness (QED) is 0.655. The Morgan fingerprint density at radius 2 is 1.92 bits per heavy atom. The lowest BCUT2D eigenvalue weighted by Crippen LogP contribution is -2.62. The Kier molecular flexibility index (Phi) is 4.50. The van der Waals surface area contributed by atoms with Gasteiger partial charge in [0, 0.05) is 26.4 Å². The van der Waals surface area contributed by atoms with Gasteiger partial charge in [0.2, 0.25) is 5.91 Å². The minimum Gasteiger partial charge on any atom is -0.375 e. The maximum absolute atomic E-state index is 12.7. The summed E-state index contributed by atoms with van der Waals surface area (Å²) in [6, 6.07) is 2.02. The van der Waals surface area contributed by atoms with Gasteiger partial charge in [0.05, 0.1) is 23.6 Å². The number of ether oxygens (including phenoxy) is 1. The Balaban J connectivity index is 1.87. The van der Waals surface area contributed by atoms with Gasteiger partial charge in [0.25, 0.3) is 5.91 Å². The molecule has 0 spiro atoms. The van der Waals surface area contributed by atoms with Gasteiger partial charge in [-0.15, -0.1) is 5.10 Å². The molecule has 2 amide bonds. The molecule has 24 heavy (non-hydrogen) atoms. The third-order valence-electron chi connectivity index (χ3n) is 4.32. The number of rotatable bonds is 3. The number of hydrogen-bond acceptors (Lipinski definition) is 7. The smallest absolute Gasteiger partial charge is 0.274 e. The van der Waals surface area contributed by atoms with Crippen molar-refractivity contribution in [3.05, 3.63) is 24.0 Å². The summed E-state index contributed by atoms with van der Waals surface area (Å²) in [7, 11) is -1.91. The number of hydrogen-bond donors (Lipinski definition) is 0. The van der Waals surface area contributed by atoms with Crippen LogP contribution in [-0.2, 0) is 19.4 Å². The van der Waals surface area contributed by atoms with Crippen LogP contribution in [0.5, 0.6) is 0 Å². The number of aromatic nitrogens is 2. The highest BCUT2D eigenvalue weighted by atomic mass is 32.2. The molecule has 3 heterocycles. The first-order chi connectivity index (χ1) is 11.4. The highest BCUT2D eigenvalue weighted by Gasteiger charge is 2.49. The fourth-order valence-corrected chi connectivity index (χ4v) is 5.26. The SMILES string of the molecule is COCC(=O)N1CCN(C(=O)c2cccnn2)[C@H]2CS(=O)(=O)C[C@H]21. The second kappa shape index (κ2) is 6.44. The first-order valence-electron chi connectivity index (χ1n) is 7.50. The standard InChI is InChI=1S/C14H18N4O5S/c1-23-7-13(19)17-5-6-18(12-9-24(21,22)8-11(12)17)14(20)10-3-2-4-15-16-10/h2-4,11-12H,5-9H2,1H3/t11-,12+/m1/s1. The number of fused-ring (bicyclic) bond motifs is 1. The van der Waals surface area contributed by atoms with E-state index in [2.05, 4.69) is 10.2 Å². The average Bonchev–Trinajstić information content (AvgIpc) is 2.89. The molecular formula is C14H18N4O5S. The highest BCUT2D eigenvalue weighted by Crippen LogP contribution is 2.28. The largest absolute Gasteiger partial charge is 0.375 e. The normalized spacial score (nSPS) is 25.4. The molecule has 0 N–H and O–H groups in total. The zero-order valence-corrected chi connectivity index (χ0v) is 14.0. The van der Waals surface area contributed by atoms with Gasteiger partial charge in [-0.2, -0.15) is 5.10 Å². The predicted molar refractivity (Wildman–Crippen MR) is 82.9 cm³/mol. The Hall–Kier alpha value is -2.07. The summed E-state index contributed by atoms with van der Waals surface area (Å²) in [6.45, 7) is 0.411. The summed E-state index contributed by atoms with van der Waals surface area (Å²) in [5.74, 6) is -0.928. The minimum atomic E-state index is -3.32. The lowest BCUT2D eigenvalue weighted by atomic mass is 10.0. The Labute approximate surface area is 139 Å². The van der Waals surface area contributed by atoms with Crippen LogP contribution < -0.4 is 0 Å². The van der Waals surface area contributed by atoms with Crippen molar-refractivity contribution in [3.63, 3.8) is 0 Å². The molecule has 0 bridgehead atoms. The summed E-state index contributed by atoms with van der Waals surface area (Å²) < 4.78 is 29.0. The van der Waals surface area contributed by atoms with Gasteiger partial charge in [0.15, 0.2) is 15.5 Å². The summed E-state index contributed by atoms with van der Waals surface area (Å²) in [6.07, 6.45) is 1.46. The Morgan fingerprint density at radius 1 is 1.25 bits per heavy atom. The molecule has 3 rings (SSSR count). The van der Waals surface area contributed by atoms with Crippen LogP contribution in [-0.4, -0.2) is 90.6 Å². The third-order valence-corrected chi connectivity index (χ3v) is 6.02. The third kappa shape index (κ3) is 3.11. The molecule has 0 aliphatic carbocycles. The monoisotopic (exact) mass is 354 g/mol. The van der Waals surface area contributed by atoms with Gasteiger partial charge < -0.3 is 14.5 Å². The first-order valence-corrected chi connectivity index (χ1v) is 9.32. The molecule has 0 unspecified atom stereocenters. The molecule has 10 heteroatoms. The van der Waals surface area contributed by atoms with Crippen molar-refractivity contribution in [1.82, 2.24) is 20.0 Å². The van der Waals surface area contributed by atoms with E-state index in [1.807, 2.05) is 0 Å². The van der Waals surface area contributed by atoms with Gasteiger partial charge in [-0.25, -0.2) is 8.42 Å². The topological polar surface area (TPSA) is 110 Å². The van der Waals surface area contributed by atoms with Crippen molar-refractivity contribution in [2.24, 2.45) is 0 Å². The van der Waals surface area contributed by atoms with Gasteiger partial charge in [0.1, 0.15) is 6.61 Å². The van der Waals surface area contributed by atoms with E-state index in [-0.39, 0.29) is 48.7 Å². The van der Waals surface area contributed by atoms with E-state index >= 15 is 0 Å². The lowest BCUT2D eigenvalue weighted by molar-refractivity contribution is -0.140. The minimum absolute atomic E-state index is 0.110. The van der Waals surface area contributed by atoms with Gasteiger partial charge in [-0.1, -0.05) is 0 Å². The summed E-state index contributed by atoms with van der Waals surface area (Å²) in [4.78, 5) is 27.8. The molecule has 0 saturated carbocycles. The first kappa shape index (κ1) is 16.8. The van der Waals surface area contributed by atoms with E-state index < -0.39 is 21.9 Å². The van der Waals surface area contributed by atoms with Gasteiger partial charge in [-0.05, 0) is 12.1 Å². The zero-order valence-electron chi connectivity index (χ0n) is 13.2. The number of sulfone groups is 1. The van der Waals surface area contributed by atoms with E-state index in [0.717, 1.165) is 0 Å². The van der Waals surface area contributed by atoms with Crippen LogP contribution in [0.3, 0.4) is 0 Å². The molecule has 2 atom stereocenters. The van der Waals surface area contributed by atoms with Crippen LogP contribution >= 0.6 is 0 Å². The Bertz CT molecular complexity index is 739. The maximum atomic E-state index is 12.7. The number of carbonyl (C=O) groups excluding carboxylic acids is 2. The van der Waals surface area contributed by atoms with Crippen molar-refractivity contribution in [2.75, 3.05) is 38.3 Å². The molecule has 1 aromatic rings. The van der Waals surface area contributed by atoms with Crippen LogP contribution in [0, 0.1) is 0 Å². The molecule has 2 fully saturated rings. The molecule has 2 aliphatic heterocycles. The molecular weight excluding hydrogens is 336 g/mol. The van der Waals surface area contributed by atoms with Gasteiger partial charge >= 0.3 is 0 Å². The van der Waals surface area contributed by atoms with E-state index in [9.17, 15) is 18.0 Å². The van der Waals surface area contributed by atoms with Crippen LogP contribution in [0.2, 0.25) is 0 Å². The summed E-state index contributed by atoms with van der Waals surface area (Å²) in [5.41, 5.74) is 0.164. The van der Waals surface area contributed by atoms with Crippen molar-refractivity contribution >= 4 is 21.7 Å². The second-order valence-electron chi connectivity index (χ2n) is 5.84. The molecule has 2 saturated heterocycles. The fourth-order valence-electron chi connectivity index (χ4n) is 3.28. The van der Waals surface area contributed by atoms with Crippen molar-refractivity contribution in [1.29, 1.82) is 0 Å². The van der Waals surface area contributed by atoms with E-state index in [1.165, 1.54) is 29.2 Å². The molecule has 2 aliphatic rings. The van der Waals surface area contributed by atoms with Crippen LogP contribution in [0.4, 0.5) is 0 Å². The lowest BCUT2D eigenvalue weighted by Gasteiger charge is -2.43. The van der Waals surface area contributed by atoms with Crippen LogP contribution in [0.15, 0.2) is 18.3 Å². The highest BCUT2D eigenvalue weighted by molar-refractivity contribution is 7.91. The number of nitrogens with zero attached hydrogens (tertiary/aromatic N) is 4. The maximum Gasteiger partial charge on any atom is 0.274 e. The predicted octanol–water partition coefficient (Wildman–Crippen LogP) is -1.43. The summed E-state index contributed by atoms with van der Waals surface area (Å²) >= 11 is 0. The molecule has 0 aromatic carbocycles. The van der Waals surface area contributed by atoms with E-state index in [4.69, 9.17) is 4.74 Å². The van der Waals surface area contributed by atoms with Crippen LogP contribution in [0.1, 0.15) is 10.5 Å². The average molecular weight is 354 g/mol. The second-order valence-corrected chi connectivity index (χ2v) is 7.99. The molecule has 130 valence electrons. The number of carbonyl (C=O) groups is 2. The number of amides is 2. The zero-order chi connectivity index (χ0) is 17.3. The van der Waals surface area contributed by atoms with Gasteiger partial charge in [-0.3, -0.25) is 9.59 Å².